The summed E-state index contributed by atoms with van der Waals surface area (Å²) in [6.07, 6.45) is 8.88. The van der Waals surface area contributed by atoms with Crippen LogP contribution >= 0.6 is 0 Å². The molecule has 0 bridgehead atoms. The maximum atomic E-state index is 13.3. The lowest BCUT2D eigenvalue weighted by molar-refractivity contribution is -0.120. The molecule has 2 amide bonds. The lowest BCUT2D eigenvalue weighted by Crippen LogP contribution is -2.37. The maximum absolute atomic E-state index is 13.3. The van der Waals surface area contributed by atoms with Crippen molar-refractivity contribution in [2.24, 2.45) is 0 Å². The van der Waals surface area contributed by atoms with Gasteiger partial charge in [-0.1, -0.05) is 37.5 Å². The van der Waals surface area contributed by atoms with Gasteiger partial charge in [-0.05, 0) is 73.0 Å². The van der Waals surface area contributed by atoms with Gasteiger partial charge in [0.15, 0.2) is 6.61 Å². The van der Waals surface area contributed by atoms with Crippen LogP contribution in [0.1, 0.15) is 53.6 Å². The molecule has 2 heterocycles. The summed E-state index contributed by atoms with van der Waals surface area (Å²) >= 11 is 0. The van der Waals surface area contributed by atoms with E-state index >= 15 is 0 Å². The lowest BCUT2D eigenvalue weighted by atomic mass is 10.0. The van der Waals surface area contributed by atoms with E-state index in [4.69, 9.17) is 4.74 Å². The summed E-state index contributed by atoms with van der Waals surface area (Å²) < 4.78 is 5.77. The molecule has 0 spiro atoms. The minimum Gasteiger partial charge on any atom is -0.484 e. The van der Waals surface area contributed by atoms with Gasteiger partial charge in [-0.15, -0.1) is 0 Å². The maximum Gasteiger partial charge on any atom is 0.264 e. The number of aromatic nitrogens is 1. The van der Waals surface area contributed by atoms with E-state index in [-0.39, 0.29) is 18.4 Å². The smallest absolute Gasteiger partial charge is 0.264 e. The summed E-state index contributed by atoms with van der Waals surface area (Å²) in [4.78, 5) is 32.1. The Morgan fingerprint density at radius 3 is 2.56 bits per heavy atom. The van der Waals surface area contributed by atoms with E-state index in [0.29, 0.717) is 30.9 Å². The fraction of sp³-hybridized carbons (Fsp3) is 0.345. The Kier molecular flexibility index (Phi) is 9.45. The van der Waals surface area contributed by atoms with Gasteiger partial charge in [0.1, 0.15) is 5.75 Å². The number of para-hydroxylation sites is 1. The Hall–Kier alpha value is -3.71. The number of pyridine rings is 1. The Bertz CT molecular complexity index is 1120. The molecule has 7 nitrogen and oxygen atoms in total. The number of hydrogen-bond acceptors (Lipinski definition) is 5. The largest absolute Gasteiger partial charge is 0.484 e. The third kappa shape index (κ3) is 7.39. The predicted molar refractivity (Wildman–Crippen MR) is 141 cm³/mol. The summed E-state index contributed by atoms with van der Waals surface area (Å²) in [7, 11) is 0. The molecule has 3 aromatic rings. The molecule has 0 atom stereocenters. The molecule has 36 heavy (non-hydrogen) atoms. The molecule has 0 unspecified atom stereocenters. The summed E-state index contributed by atoms with van der Waals surface area (Å²) in [5.41, 5.74) is 3.32. The zero-order valence-corrected chi connectivity index (χ0v) is 20.6. The highest BCUT2D eigenvalue weighted by molar-refractivity contribution is 5.98. The predicted octanol–water partition coefficient (Wildman–Crippen LogP) is 4.48. The molecule has 1 aliphatic heterocycles. The zero-order chi connectivity index (χ0) is 25.0. The van der Waals surface area contributed by atoms with Crippen molar-refractivity contribution < 1.29 is 14.3 Å². The molecular weight excluding hydrogens is 452 g/mol. The molecule has 0 saturated heterocycles. The Labute approximate surface area is 212 Å². The van der Waals surface area contributed by atoms with Crippen LogP contribution in [0.5, 0.6) is 5.75 Å². The Morgan fingerprint density at radius 2 is 1.72 bits per heavy atom. The summed E-state index contributed by atoms with van der Waals surface area (Å²) in [6, 6.07) is 18.7. The van der Waals surface area contributed by atoms with E-state index in [1.54, 1.807) is 18.5 Å². The number of amides is 2. The highest BCUT2D eigenvalue weighted by Gasteiger charge is 2.21. The molecule has 7 heteroatoms. The van der Waals surface area contributed by atoms with Crippen molar-refractivity contribution in [2.75, 3.05) is 24.6 Å². The number of hydrogen-bond donors (Lipinski definition) is 2. The van der Waals surface area contributed by atoms with Crippen molar-refractivity contribution >= 4 is 17.5 Å². The molecule has 0 radical (unpaired) electrons. The third-order valence-corrected chi connectivity index (χ3v) is 6.29. The molecule has 0 fully saturated rings. The zero-order valence-electron chi connectivity index (χ0n) is 20.6. The lowest BCUT2D eigenvalue weighted by Gasteiger charge is -2.26. The van der Waals surface area contributed by atoms with Crippen LogP contribution in [0.2, 0.25) is 0 Å². The monoisotopic (exact) mass is 486 g/mol. The van der Waals surface area contributed by atoms with Crippen LogP contribution in [0.25, 0.3) is 0 Å². The second-order valence-corrected chi connectivity index (χ2v) is 8.97. The topological polar surface area (TPSA) is 83.6 Å². The van der Waals surface area contributed by atoms with Crippen molar-refractivity contribution in [3.8, 4) is 5.75 Å². The first-order valence-electron chi connectivity index (χ1n) is 12.7. The van der Waals surface area contributed by atoms with Crippen LogP contribution in [-0.4, -0.2) is 36.5 Å². The fourth-order valence-electron chi connectivity index (χ4n) is 4.31. The summed E-state index contributed by atoms with van der Waals surface area (Å²) in [6.45, 7) is 2.51. The van der Waals surface area contributed by atoms with Gasteiger partial charge in [-0.3, -0.25) is 14.6 Å². The number of rotatable bonds is 6. The number of nitrogens with zero attached hydrogens (tertiary/aromatic N) is 2. The Morgan fingerprint density at radius 1 is 0.944 bits per heavy atom. The molecule has 0 saturated carbocycles. The number of carbonyl (C=O) groups excluding carboxylic acids is 2. The first-order chi connectivity index (χ1) is 17.7. The standard InChI is InChI=1S/C29H34N4O3/c34-28(22-36-26-9-5-4-6-10-26)33-18-8-3-1-2-7-15-31-21-25-19-24(11-12-27(25)33)29(35)32-20-23-13-16-30-17-14-23/h4-6,9-14,16-17,19,31H,1-3,7-8,15,18,20-22H2,(H,32,35). The molecule has 2 aromatic carbocycles. The first kappa shape index (κ1) is 25.4. The summed E-state index contributed by atoms with van der Waals surface area (Å²) in [5, 5.41) is 6.47. The van der Waals surface area contributed by atoms with Crippen LogP contribution in [0.3, 0.4) is 0 Å². The van der Waals surface area contributed by atoms with Gasteiger partial charge in [0.25, 0.3) is 11.8 Å². The van der Waals surface area contributed by atoms with Crippen LogP contribution in [0.4, 0.5) is 5.69 Å². The average molecular weight is 487 g/mol. The number of fused-ring (bicyclic) bond motifs is 1. The van der Waals surface area contributed by atoms with Gasteiger partial charge in [0.05, 0.1) is 0 Å². The highest BCUT2D eigenvalue weighted by Crippen LogP contribution is 2.25. The molecule has 0 aliphatic carbocycles. The number of nitrogens with one attached hydrogen (secondary N) is 2. The number of ether oxygens (including phenoxy) is 1. The average Bonchev–Trinajstić information content (AvgIpc) is 2.92. The van der Waals surface area contributed by atoms with E-state index in [2.05, 4.69) is 15.6 Å². The quantitative estimate of drug-likeness (QED) is 0.537. The van der Waals surface area contributed by atoms with Crippen molar-refractivity contribution in [2.45, 2.75) is 45.2 Å². The van der Waals surface area contributed by atoms with Gasteiger partial charge in [0.2, 0.25) is 0 Å². The van der Waals surface area contributed by atoms with Crippen LogP contribution in [0.15, 0.2) is 73.1 Å². The molecule has 1 aliphatic rings. The first-order valence-corrected chi connectivity index (χ1v) is 12.7. The Balaban J connectivity index is 1.53. The number of anilines is 1. The fourth-order valence-corrected chi connectivity index (χ4v) is 4.31. The van der Waals surface area contributed by atoms with E-state index in [1.165, 1.54) is 6.42 Å². The van der Waals surface area contributed by atoms with Crippen molar-refractivity contribution in [3.63, 3.8) is 0 Å². The molecule has 2 N–H and O–H groups in total. The molecule has 1 aromatic heterocycles. The summed E-state index contributed by atoms with van der Waals surface area (Å²) in [5.74, 6) is 0.432. The molecule has 4 rings (SSSR count). The third-order valence-electron chi connectivity index (χ3n) is 6.29. The minimum absolute atomic E-state index is 0.0367. The van der Waals surface area contributed by atoms with Gasteiger partial charge in [0, 0.05) is 43.3 Å². The van der Waals surface area contributed by atoms with Crippen LogP contribution in [-0.2, 0) is 17.9 Å². The molecular formula is C29H34N4O3. The number of carbonyl (C=O) groups is 2. The van der Waals surface area contributed by atoms with Gasteiger partial charge in [-0.25, -0.2) is 0 Å². The second-order valence-electron chi connectivity index (χ2n) is 8.97. The van der Waals surface area contributed by atoms with E-state index in [1.807, 2.05) is 59.5 Å². The highest BCUT2D eigenvalue weighted by atomic mass is 16.5. The number of benzene rings is 2. The van der Waals surface area contributed by atoms with Crippen molar-refractivity contribution in [3.05, 3.63) is 89.7 Å². The van der Waals surface area contributed by atoms with E-state index < -0.39 is 0 Å². The van der Waals surface area contributed by atoms with Crippen LogP contribution in [0, 0.1) is 0 Å². The minimum atomic E-state index is -0.147. The van der Waals surface area contributed by atoms with Gasteiger partial charge >= 0.3 is 0 Å². The van der Waals surface area contributed by atoms with E-state index in [0.717, 1.165) is 49.0 Å². The van der Waals surface area contributed by atoms with E-state index in [9.17, 15) is 9.59 Å². The van der Waals surface area contributed by atoms with Crippen molar-refractivity contribution in [1.29, 1.82) is 0 Å². The SMILES string of the molecule is O=C(NCc1ccncc1)c1ccc2c(c1)CNCCCCCCCN2C(=O)COc1ccccc1. The van der Waals surface area contributed by atoms with Crippen molar-refractivity contribution in [1.82, 2.24) is 15.6 Å². The van der Waals surface area contributed by atoms with Gasteiger partial charge < -0.3 is 20.3 Å². The molecule has 188 valence electrons. The second kappa shape index (κ2) is 13.4. The normalized spacial score (nSPS) is 14.6. The van der Waals surface area contributed by atoms with Gasteiger partial charge in [-0.2, -0.15) is 0 Å². The van der Waals surface area contributed by atoms with Crippen LogP contribution < -0.4 is 20.3 Å².